The molecule has 0 aliphatic carbocycles. The molecule has 0 aliphatic heterocycles. The largest absolute Gasteiger partial charge is 0.506 e. The molecule has 1 nitrogen and oxygen atoms in total. The molecule has 0 fully saturated rings. The van der Waals surface area contributed by atoms with Crippen LogP contribution < -0.4 is 0 Å². The molecular formula is C18H30OS3. The fourth-order valence-electron chi connectivity index (χ4n) is 1.85. The van der Waals surface area contributed by atoms with Gasteiger partial charge in [-0.1, -0.05) is 40.0 Å². The Balaban J connectivity index is 2.81. The van der Waals surface area contributed by atoms with Crippen LogP contribution in [0.15, 0.2) is 26.8 Å². The molecule has 0 spiro atoms. The van der Waals surface area contributed by atoms with E-state index < -0.39 is 0 Å². The van der Waals surface area contributed by atoms with Crippen LogP contribution in [0, 0.1) is 0 Å². The van der Waals surface area contributed by atoms with Crippen molar-refractivity contribution in [3.63, 3.8) is 0 Å². The molecule has 0 amide bonds. The van der Waals surface area contributed by atoms with E-state index in [0.717, 1.165) is 21.3 Å². The lowest BCUT2D eigenvalue weighted by Gasteiger charge is -2.12. The summed E-state index contributed by atoms with van der Waals surface area (Å²) in [5, 5.41) is 10.5. The van der Waals surface area contributed by atoms with Crippen molar-refractivity contribution in [2.75, 3.05) is 17.3 Å². The number of benzene rings is 1. The Morgan fingerprint density at radius 1 is 0.727 bits per heavy atom. The molecule has 0 bridgehead atoms. The molecule has 0 atom stereocenters. The Kier molecular flexibility index (Phi) is 11.4. The van der Waals surface area contributed by atoms with Gasteiger partial charge >= 0.3 is 0 Å². The molecule has 0 heterocycles. The SMILES string of the molecule is CCCCSc1cc(SCCCC)c(O)c(SCCCC)c1. The van der Waals surface area contributed by atoms with Crippen molar-refractivity contribution >= 4 is 35.3 Å². The highest BCUT2D eigenvalue weighted by molar-refractivity contribution is 8.01. The van der Waals surface area contributed by atoms with Crippen molar-refractivity contribution in [1.29, 1.82) is 0 Å². The van der Waals surface area contributed by atoms with E-state index in [2.05, 4.69) is 32.9 Å². The summed E-state index contributed by atoms with van der Waals surface area (Å²) in [6.07, 6.45) is 7.31. The number of unbranched alkanes of at least 4 members (excludes halogenated alkanes) is 3. The van der Waals surface area contributed by atoms with Crippen molar-refractivity contribution in [2.24, 2.45) is 0 Å². The van der Waals surface area contributed by atoms with Crippen LogP contribution in [0.2, 0.25) is 0 Å². The van der Waals surface area contributed by atoms with E-state index in [0.29, 0.717) is 5.75 Å². The van der Waals surface area contributed by atoms with Crippen molar-refractivity contribution in [2.45, 2.75) is 74.0 Å². The standard InChI is InChI=1S/C18H30OS3/c1-4-7-10-20-15-13-16(21-11-8-5-2)18(19)17(14-15)22-12-9-6-3/h13-14,19H,4-12H2,1-3H3. The molecule has 4 heteroatoms. The molecule has 0 unspecified atom stereocenters. The summed E-state index contributed by atoms with van der Waals surface area (Å²) in [6.45, 7) is 6.66. The Morgan fingerprint density at radius 2 is 1.14 bits per heavy atom. The van der Waals surface area contributed by atoms with Gasteiger partial charge in [-0.05, 0) is 48.7 Å². The number of rotatable bonds is 12. The Bertz CT molecular complexity index is 390. The van der Waals surface area contributed by atoms with E-state index in [-0.39, 0.29) is 0 Å². The lowest BCUT2D eigenvalue weighted by Crippen LogP contribution is -1.87. The topological polar surface area (TPSA) is 20.2 Å². The number of phenols is 1. The average molecular weight is 359 g/mol. The van der Waals surface area contributed by atoms with E-state index in [9.17, 15) is 5.11 Å². The first-order valence-electron chi connectivity index (χ1n) is 8.48. The van der Waals surface area contributed by atoms with Crippen LogP contribution >= 0.6 is 35.3 Å². The minimum atomic E-state index is 0.502. The van der Waals surface area contributed by atoms with E-state index in [1.165, 1.54) is 49.2 Å². The summed E-state index contributed by atoms with van der Waals surface area (Å²) in [4.78, 5) is 3.44. The van der Waals surface area contributed by atoms with Gasteiger partial charge in [-0.2, -0.15) is 0 Å². The number of hydrogen-bond donors (Lipinski definition) is 1. The third-order valence-electron chi connectivity index (χ3n) is 3.29. The van der Waals surface area contributed by atoms with E-state index in [1.54, 1.807) is 23.5 Å². The van der Waals surface area contributed by atoms with Crippen molar-refractivity contribution in [3.05, 3.63) is 12.1 Å². The lowest BCUT2D eigenvalue weighted by molar-refractivity contribution is 0.448. The molecule has 0 saturated heterocycles. The van der Waals surface area contributed by atoms with E-state index in [1.807, 2.05) is 11.8 Å². The third kappa shape index (κ3) is 7.56. The molecule has 0 aromatic heterocycles. The maximum absolute atomic E-state index is 10.5. The summed E-state index contributed by atoms with van der Waals surface area (Å²) < 4.78 is 0. The molecule has 1 rings (SSSR count). The first-order valence-corrected chi connectivity index (χ1v) is 11.4. The first-order chi connectivity index (χ1) is 10.7. The lowest BCUT2D eigenvalue weighted by atomic mass is 10.3. The van der Waals surface area contributed by atoms with Crippen LogP contribution in [0.5, 0.6) is 5.75 Å². The van der Waals surface area contributed by atoms with Crippen LogP contribution in [0.25, 0.3) is 0 Å². The van der Waals surface area contributed by atoms with Crippen LogP contribution in [-0.4, -0.2) is 22.4 Å². The van der Waals surface area contributed by atoms with Gasteiger partial charge in [0.25, 0.3) is 0 Å². The molecule has 22 heavy (non-hydrogen) atoms. The third-order valence-corrected chi connectivity index (χ3v) is 6.58. The van der Waals surface area contributed by atoms with Crippen LogP contribution in [-0.2, 0) is 0 Å². The zero-order valence-corrected chi connectivity index (χ0v) is 16.6. The predicted octanol–water partition coefficient (Wildman–Crippen LogP) is 7.07. The highest BCUT2D eigenvalue weighted by Crippen LogP contribution is 2.41. The zero-order chi connectivity index (χ0) is 16.2. The molecule has 0 saturated carbocycles. The van der Waals surface area contributed by atoms with Gasteiger partial charge in [-0.3, -0.25) is 0 Å². The van der Waals surface area contributed by atoms with Gasteiger partial charge in [0.1, 0.15) is 5.75 Å². The Morgan fingerprint density at radius 3 is 1.55 bits per heavy atom. The second-order valence-corrected chi connectivity index (χ2v) is 8.82. The second kappa shape index (κ2) is 12.5. The molecule has 0 radical (unpaired) electrons. The van der Waals surface area contributed by atoms with E-state index in [4.69, 9.17) is 0 Å². The first kappa shape index (κ1) is 20.1. The van der Waals surface area contributed by atoms with Gasteiger partial charge in [0.2, 0.25) is 0 Å². The van der Waals surface area contributed by atoms with Gasteiger partial charge < -0.3 is 5.11 Å². The number of aromatic hydroxyl groups is 1. The minimum absolute atomic E-state index is 0.502. The normalized spacial score (nSPS) is 11.0. The van der Waals surface area contributed by atoms with Crippen LogP contribution in [0.1, 0.15) is 59.3 Å². The molecular weight excluding hydrogens is 328 g/mol. The fraction of sp³-hybridized carbons (Fsp3) is 0.667. The van der Waals surface area contributed by atoms with Gasteiger partial charge in [-0.25, -0.2) is 0 Å². The van der Waals surface area contributed by atoms with Crippen LogP contribution in [0.4, 0.5) is 0 Å². The molecule has 126 valence electrons. The van der Waals surface area contributed by atoms with E-state index >= 15 is 0 Å². The molecule has 1 N–H and O–H groups in total. The monoisotopic (exact) mass is 358 g/mol. The van der Waals surface area contributed by atoms with Crippen molar-refractivity contribution in [1.82, 2.24) is 0 Å². The quantitative estimate of drug-likeness (QED) is 0.318. The van der Waals surface area contributed by atoms with Gasteiger partial charge in [0.15, 0.2) is 0 Å². The summed E-state index contributed by atoms with van der Waals surface area (Å²) >= 11 is 5.53. The Hall–Kier alpha value is 0.0700. The fourth-order valence-corrected chi connectivity index (χ4v) is 5.35. The zero-order valence-electron chi connectivity index (χ0n) is 14.2. The van der Waals surface area contributed by atoms with Crippen LogP contribution in [0.3, 0.4) is 0 Å². The summed E-state index contributed by atoms with van der Waals surface area (Å²) in [5.41, 5.74) is 0. The van der Waals surface area contributed by atoms with Crippen molar-refractivity contribution in [3.8, 4) is 5.75 Å². The summed E-state index contributed by atoms with van der Waals surface area (Å²) in [7, 11) is 0. The number of thioether (sulfide) groups is 3. The van der Waals surface area contributed by atoms with Gasteiger partial charge in [0, 0.05) is 4.90 Å². The minimum Gasteiger partial charge on any atom is -0.506 e. The maximum atomic E-state index is 10.5. The number of hydrogen-bond acceptors (Lipinski definition) is 4. The summed E-state index contributed by atoms with van der Waals surface area (Å²) in [6, 6.07) is 4.36. The number of phenolic OH excluding ortho intramolecular Hbond substituents is 1. The predicted molar refractivity (Wildman–Crippen MR) is 105 cm³/mol. The maximum Gasteiger partial charge on any atom is 0.142 e. The molecule has 1 aromatic rings. The van der Waals surface area contributed by atoms with Gasteiger partial charge in [-0.15, -0.1) is 35.3 Å². The second-order valence-electron chi connectivity index (χ2n) is 5.37. The van der Waals surface area contributed by atoms with Gasteiger partial charge in [0.05, 0.1) is 9.79 Å². The average Bonchev–Trinajstić information content (AvgIpc) is 2.52. The molecule has 0 aliphatic rings. The summed E-state index contributed by atoms with van der Waals surface area (Å²) in [5.74, 6) is 3.85. The highest BCUT2D eigenvalue weighted by Gasteiger charge is 2.11. The highest BCUT2D eigenvalue weighted by atomic mass is 32.2. The smallest absolute Gasteiger partial charge is 0.142 e. The van der Waals surface area contributed by atoms with Crippen molar-refractivity contribution < 1.29 is 5.11 Å². The molecule has 1 aromatic carbocycles. The Labute approximate surface area is 149 Å².